The smallest absolute Gasteiger partial charge is 0.260 e. The number of aryl methyl sites for hydroxylation is 2. The summed E-state index contributed by atoms with van der Waals surface area (Å²) in [5, 5.41) is 2.99. The Bertz CT molecular complexity index is 772. The third kappa shape index (κ3) is 5.25. The molecule has 0 saturated heterocycles. The quantitative estimate of drug-likeness (QED) is 0.715. The number of rotatable bonds is 8. The molecule has 27 heavy (non-hydrogen) atoms. The molecule has 1 aliphatic carbocycles. The van der Waals surface area contributed by atoms with Gasteiger partial charge >= 0.3 is 0 Å². The number of carbonyl (C=O) groups is 1. The van der Waals surface area contributed by atoms with Crippen molar-refractivity contribution in [3.63, 3.8) is 0 Å². The lowest BCUT2D eigenvalue weighted by atomic mass is 9.91. The number of ether oxygens (including phenoxy) is 2. The monoisotopic (exact) mass is 367 g/mol. The van der Waals surface area contributed by atoms with Crippen LogP contribution >= 0.6 is 0 Å². The van der Waals surface area contributed by atoms with Crippen molar-refractivity contribution >= 4 is 5.91 Å². The van der Waals surface area contributed by atoms with E-state index in [1.807, 2.05) is 37.3 Å². The lowest BCUT2D eigenvalue weighted by Crippen LogP contribution is -2.37. The maximum absolute atomic E-state index is 12.4. The Morgan fingerprint density at radius 2 is 1.96 bits per heavy atom. The number of hydrogen-bond donors (Lipinski definition) is 1. The van der Waals surface area contributed by atoms with Crippen LogP contribution < -0.4 is 14.8 Å². The van der Waals surface area contributed by atoms with E-state index in [4.69, 9.17) is 9.47 Å². The first-order valence-electron chi connectivity index (χ1n) is 9.85. The molecule has 0 spiro atoms. The summed E-state index contributed by atoms with van der Waals surface area (Å²) >= 11 is 0. The van der Waals surface area contributed by atoms with E-state index in [-0.39, 0.29) is 5.91 Å². The van der Waals surface area contributed by atoms with Crippen LogP contribution in [0.4, 0.5) is 0 Å². The molecule has 1 aliphatic rings. The van der Waals surface area contributed by atoms with Crippen molar-refractivity contribution in [1.82, 2.24) is 5.32 Å². The minimum atomic E-state index is -0.491. The van der Waals surface area contributed by atoms with Gasteiger partial charge in [-0.2, -0.15) is 0 Å². The minimum Gasteiger partial charge on any atom is -0.497 e. The highest BCUT2D eigenvalue weighted by molar-refractivity contribution is 5.80. The number of fused-ring (bicyclic) bond motifs is 1. The van der Waals surface area contributed by atoms with Crippen LogP contribution in [-0.2, 0) is 24.1 Å². The summed E-state index contributed by atoms with van der Waals surface area (Å²) in [5.74, 6) is 1.67. The molecule has 0 aromatic heterocycles. The number of amides is 1. The van der Waals surface area contributed by atoms with E-state index in [0.717, 1.165) is 37.2 Å². The fourth-order valence-corrected chi connectivity index (χ4v) is 3.58. The van der Waals surface area contributed by atoms with Gasteiger partial charge in [0, 0.05) is 6.54 Å². The molecule has 0 saturated carbocycles. The summed E-state index contributed by atoms with van der Waals surface area (Å²) in [5.41, 5.74) is 3.86. The first-order chi connectivity index (χ1) is 13.2. The van der Waals surface area contributed by atoms with E-state index in [9.17, 15) is 4.79 Å². The van der Waals surface area contributed by atoms with Gasteiger partial charge in [-0.15, -0.1) is 0 Å². The maximum atomic E-state index is 12.4. The van der Waals surface area contributed by atoms with Crippen molar-refractivity contribution < 1.29 is 14.3 Å². The van der Waals surface area contributed by atoms with E-state index in [1.165, 1.54) is 29.5 Å². The molecular weight excluding hydrogens is 338 g/mol. The zero-order valence-corrected chi connectivity index (χ0v) is 16.3. The van der Waals surface area contributed by atoms with E-state index in [0.29, 0.717) is 6.54 Å². The largest absolute Gasteiger partial charge is 0.497 e. The summed E-state index contributed by atoms with van der Waals surface area (Å²) in [6.07, 6.45) is 5.87. The van der Waals surface area contributed by atoms with Crippen LogP contribution in [0.1, 0.15) is 42.9 Å². The molecule has 3 rings (SSSR count). The van der Waals surface area contributed by atoms with Gasteiger partial charge in [-0.05, 0) is 80.3 Å². The Balaban J connectivity index is 1.45. The molecule has 0 fully saturated rings. The van der Waals surface area contributed by atoms with Crippen molar-refractivity contribution in [3.8, 4) is 11.5 Å². The maximum Gasteiger partial charge on any atom is 0.260 e. The van der Waals surface area contributed by atoms with Gasteiger partial charge in [0.15, 0.2) is 6.10 Å². The van der Waals surface area contributed by atoms with Gasteiger partial charge in [0.1, 0.15) is 11.5 Å². The summed E-state index contributed by atoms with van der Waals surface area (Å²) in [4.78, 5) is 12.4. The van der Waals surface area contributed by atoms with Gasteiger partial charge in [0.2, 0.25) is 0 Å². The van der Waals surface area contributed by atoms with Gasteiger partial charge < -0.3 is 14.8 Å². The van der Waals surface area contributed by atoms with E-state index >= 15 is 0 Å². The lowest BCUT2D eigenvalue weighted by Gasteiger charge is -2.22. The second-order valence-corrected chi connectivity index (χ2v) is 7.11. The summed E-state index contributed by atoms with van der Waals surface area (Å²) in [7, 11) is 1.67. The second kappa shape index (κ2) is 9.45. The number of nitrogens with one attached hydrogen (secondary N) is 1. The molecule has 0 bridgehead atoms. The topological polar surface area (TPSA) is 47.6 Å². The van der Waals surface area contributed by atoms with E-state index in [2.05, 4.69) is 17.4 Å². The first kappa shape index (κ1) is 19.3. The highest BCUT2D eigenvalue weighted by atomic mass is 16.5. The van der Waals surface area contributed by atoms with Gasteiger partial charge in [0.05, 0.1) is 7.11 Å². The Morgan fingerprint density at radius 1 is 1.15 bits per heavy atom. The molecule has 1 amide bonds. The van der Waals surface area contributed by atoms with Crippen molar-refractivity contribution in [3.05, 3.63) is 59.2 Å². The molecular formula is C23H29NO3. The van der Waals surface area contributed by atoms with Gasteiger partial charge in [-0.25, -0.2) is 0 Å². The van der Waals surface area contributed by atoms with Crippen LogP contribution in [0.5, 0.6) is 11.5 Å². The molecule has 144 valence electrons. The van der Waals surface area contributed by atoms with Crippen molar-refractivity contribution in [2.75, 3.05) is 13.7 Å². The molecule has 2 aromatic rings. The first-order valence-corrected chi connectivity index (χ1v) is 9.85. The van der Waals surface area contributed by atoms with Crippen LogP contribution in [-0.4, -0.2) is 25.7 Å². The molecule has 1 N–H and O–H groups in total. The fraction of sp³-hybridized carbons (Fsp3) is 0.435. The fourth-order valence-electron chi connectivity index (χ4n) is 3.58. The highest BCUT2D eigenvalue weighted by Gasteiger charge is 2.19. The zero-order valence-electron chi connectivity index (χ0n) is 16.3. The molecule has 0 radical (unpaired) electrons. The molecule has 1 unspecified atom stereocenters. The average molecular weight is 367 g/mol. The average Bonchev–Trinajstić information content (AvgIpc) is 2.71. The molecule has 2 aromatic carbocycles. The van der Waals surface area contributed by atoms with Crippen LogP contribution in [0.3, 0.4) is 0 Å². The normalized spacial score (nSPS) is 14.1. The van der Waals surface area contributed by atoms with E-state index in [1.54, 1.807) is 7.11 Å². The van der Waals surface area contributed by atoms with Crippen molar-refractivity contribution in [2.24, 2.45) is 0 Å². The van der Waals surface area contributed by atoms with Crippen LogP contribution in [0.15, 0.2) is 42.5 Å². The SMILES string of the molecule is COc1cccc(CCCNC(=O)C(C)Oc2cccc3c2CCCC3)c1. The van der Waals surface area contributed by atoms with Gasteiger partial charge in [-0.1, -0.05) is 24.3 Å². The van der Waals surface area contributed by atoms with Crippen molar-refractivity contribution in [1.29, 1.82) is 0 Å². The Labute approximate surface area is 161 Å². The molecule has 4 heteroatoms. The second-order valence-electron chi connectivity index (χ2n) is 7.11. The number of methoxy groups -OCH3 is 1. The van der Waals surface area contributed by atoms with E-state index < -0.39 is 6.10 Å². The number of hydrogen-bond acceptors (Lipinski definition) is 3. The highest BCUT2D eigenvalue weighted by Crippen LogP contribution is 2.30. The van der Waals surface area contributed by atoms with Crippen molar-refractivity contribution in [2.45, 2.75) is 51.6 Å². The predicted molar refractivity (Wildman–Crippen MR) is 107 cm³/mol. The van der Waals surface area contributed by atoms with Gasteiger partial charge in [0.25, 0.3) is 5.91 Å². The minimum absolute atomic E-state index is 0.0611. The van der Waals surface area contributed by atoms with Crippen LogP contribution in [0, 0.1) is 0 Å². The third-order valence-electron chi connectivity index (χ3n) is 5.10. The summed E-state index contributed by atoms with van der Waals surface area (Å²) in [6, 6.07) is 14.2. The molecule has 0 aliphatic heterocycles. The molecule has 4 nitrogen and oxygen atoms in total. The van der Waals surface area contributed by atoms with Gasteiger partial charge in [-0.3, -0.25) is 4.79 Å². The molecule has 0 heterocycles. The van der Waals surface area contributed by atoms with Crippen LogP contribution in [0.2, 0.25) is 0 Å². The Morgan fingerprint density at radius 3 is 2.81 bits per heavy atom. The standard InChI is InChI=1S/C23H29NO3/c1-17(27-22-14-6-11-19-10-3-4-13-21(19)22)23(25)24-15-7-9-18-8-5-12-20(16-18)26-2/h5-6,8,11-12,14,16-17H,3-4,7,9-10,13,15H2,1-2H3,(H,24,25). The number of benzene rings is 2. The third-order valence-corrected chi connectivity index (χ3v) is 5.10. The zero-order chi connectivity index (χ0) is 19.1. The molecule has 1 atom stereocenters. The number of carbonyl (C=O) groups excluding carboxylic acids is 1. The summed E-state index contributed by atoms with van der Waals surface area (Å²) in [6.45, 7) is 2.45. The predicted octanol–water partition coefficient (Wildman–Crippen LogP) is 4.09. The Kier molecular flexibility index (Phi) is 6.74. The Hall–Kier alpha value is -2.49. The lowest BCUT2D eigenvalue weighted by molar-refractivity contribution is -0.127. The summed E-state index contributed by atoms with van der Waals surface area (Å²) < 4.78 is 11.2. The van der Waals surface area contributed by atoms with Crippen LogP contribution in [0.25, 0.3) is 0 Å².